The minimum Gasteiger partial charge on any atom is -0.338 e. The second-order valence-corrected chi connectivity index (χ2v) is 2.43. The summed E-state index contributed by atoms with van der Waals surface area (Å²) in [6.45, 7) is 0. The number of aromatic nitrogens is 1. The Labute approximate surface area is 81.5 Å². The van der Waals surface area contributed by atoms with E-state index in [1.807, 2.05) is 0 Å². The third kappa shape index (κ3) is 3.01. The third-order valence-electron chi connectivity index (χ3n) is 1.32. The number of pyridine rings is 1. The summed E-state index contributed by atoms with van der Waals surface area (Å²) in [5, 5.41) is 2.94. The maximum atomic E-state index is 11.7. The number of hydrogen-bond donors (Lipinski definition) is 1. The van der Waals surface area contributed by atoms with Crippen LogP contribution in [0.2, 0.25) is 0 Å². The number of hydrogen-bond acceptors (Lipinski definition) is 4. The first kappa shape index (κ1) is 11.1. The number of carbonyl (C=O) groups is 1. The van der Waals surface area contributed by atoms with Gasteiger partial charge < -0.3 is 10.7 Å². The highest BCUT2D eigenvalue weighted by molar-refractivity contribution is 5.75. The zero-order valence-corrected chi connectivity index (χ0v) is 7.23. The quantitative estimate of drug-likeness (QED) is 0.416. The number of nitrogens with two attached hydrogens (primary N) is 1. The van der Waals surface area contributed by atoms with Crippen LogP contribution in [0.15, 0.2) is 29.6 Å². The first-order valence-electron chi connectivity index (χ1n) is 3.66. The van der Waals surface area contributed by atoms with Gasteiger partial charge in [-0.2, -0.15) is 13.2 Å². The standard InChI is InChI=1S/C7H6F3N3O2/c8-7(9,10)6(14)15-12-5-3-1-2-4-13(5)11/h1-4H,11H2. The molecule has 0 radical (unpaired) electrons. The predicted molar refractivity (Wildman–Crippen MR) is 42.3 cm³/mol. The average molecular weight is 221 g/mol. The molecule has 82 valence electrons. The molecule has 0 saturated carbocycles. The lowest BCUT2D eigenvalue weighted by Gasteiger charge is -2.01. The lowest BCUT2D eigenvalue weighted by atomic mass is 10.5. The molecule has 0 atom stereocenters. The van der Waals surface area contributed by atoms with E-state index in [2.05, 4.69) is 9.99 Å². The first-order valence-corrected chi connectivity index (χ1v) is 3.66. The fraction of sp³-hybridized carbons (Fsp3) is 0.143. The predicted octanol–water partition coefficient (Wildman–Crippen LogP) is 0.123. The minimum atomic E-state index is -5.07. The van der Waals surface area contributed by atoms with E-state index >= 15 is 0 Å². The number of carbonyl (C=O) groups excluding carboxylic acids is 1. The Hall–Kier alpha value is -1.99. The molecule has 1 rings (SSSR count). The zero-order valence-electron chi connectivity index (χ0n) is 7.23. The maximum Gasteiger partial charge on any atom is 0.493 e. The zero-order chi connectivity index (χ0) is 11.5. The van der Waals surface area contributed by atoms with Crippen molar-refractivity contribution in [2.75, 3.05) is 5.84 Å². The van der Waals surface area contributed by atoms with Gasteiger partial charge in [0.15, 0.2) is 5.49 Å². The molecule has 0 spiro atoms. The Kier molecular flexibility index (Phi) is 2.98. The second-order valence-electron chi connectivity index (χ2n) is 2.43. The number of nitrogen functional groups attached to an aromatic ring is 1. The van der Waals surface area contributed by atoms with Crippen LogP contribution in [-0.2, 0) is 9.63 Å². The average Bonchev–Trinajstić information content (AvgIpc) is 2.14. The van der Waals surface area contributed by atoms with E-state index in [0.717, 1.165) is 4.68 Å². The summed E-state index contributed by atoms with van der Waals surface area (Å²) in [5.41, 5.74) is -0.116. The third-order valence-corrected chi connectivity index (χ3v) is 1.32. The van der Waals surface area contributed by atoms with E-state index in [9.17, 15) is 18.0 Å². The van der Waals surface area contributed by atoms with Crippen LogP contribution in [0.5, 0.6) is 0 Å². The van der Waals surface area contributed by atoms with E-state index < -0.39 is 12.1 Å². The van der Waals surface area contributed by atoms with E-state index in [-0.39, 0.29) is 5.49 Å². The van der Waals surface area contributed by atoms with Crippen molar-refractivity contribution in [3.8, 4) is 0 Å². The summed E-state index contributed by atoms with van der Waals surface area (Å²) in [4.78, 5) is 13.9. The van der Waals surface area contributed by atoms with Crippen molar-refractivity contribution in [3.63, 3.8) is 0 Å². The topological polar surface area (TPSA) is 69.6 Å². The molecule has 1 aromatic heterocycles. The summed E-state index contributed by atoms with van der Waals surface area (Å²) in [7, 11) is 0. The molecule has 0 unspecified atom stereocenters. The fourth-order valence-corrected chi connectivity index (χ4v) is 0.664. The lowest BCUT2D eigenvalue weighted by Crippen LogP contribution is -2.29. The van der Waals surface area contributed by atoms with E-state index in [1.165, 1.54) is 24.4 Å². The molecule has 8 heteroatoms. The summed E-state index contributed by atoms with van der Waals surface area (Å²) in [6, 6.07) is 4.29. The van der Waals surface area contributed by atoms with Crippen LogP contribution in [0.3, 0.4) is 0 Å². The molecule has 5 nitrogen and oxygen atoms in total. The SMILES string of the molecule is Nn1ccccc1=NOC(=O)C(F)(F)F. The molecule has 0 aliphatic heterocycles. The van der Waals surface area contributed by atoms with Crippen molar-refractivity contribution >= 4 is 5.97 Å². The fourth-order valence-electron chi connectivity index (χ4n) is 0.664. The molecule has 0 saturated heterocycles. The van der Waals surface area contributed by atoms with Crippen molar-refractivity contribution < 1.29 is 22.8 Å². The Balaban J connectivity index is 2.84. The lowest BCUT2D eigenvalue weighted by molar-refractivity contribution is -0.200. The highest BCUT2D eigenvalue weighted by Crippen LogP contribution is 2.16. The van der Waals surface area contributed by atoms with E-state index in [4.69, 9.17) is 5.84 Å². The van der Waals surface area contributed by atoms with Crippen molar-refractivity contribution in [3.05, 3.63) is 29.9 Å². The van der Waals surface area contributed by atoms with Gasteiger partial charge in [-0.3, -0.25) is 0 Å². The summed E-state index contributed by atoms with van der Waals surface area (Å²) in [5.74, 6) is 2.87. The van der Waals surface area contributed by atoms with Crippen LogP contribution in [0.25, 0.3) is 0 Å². The van der Waals surface area contributed by atoms with Crippen LogP contribution >= 0.6 is 0 Å². The van der Waals surface area contributed by atoms with Crippen molar-refractivity contribution in [2.24, 2.45) is 5.16 Å². The highest BCUT2D eigenvalue weighted by Gasteiger charge is 2.41. The molecule has 0 aliphatic rings. The molecule has 0 fully saturated rings. The van der Waals surface area contributed by atoms with Gasteiger partial charge in [0.1, 0.15) is 0 Å². The number of halogens is 3. The van der Waals surface area contributed by atoms with Gasteiger partial charge in [0.2, 0.25) is 0 Å². The maximum absolute atomic E-state index is 11.7. The highest BCUT2D eigenvalue weighted by atomic mass is 19.4. The van der Waals surface area contributed by atoms with Crippen molar-refractivity contribution in [1.29, 1.82) is 0 Å². The molecule has 0 bridgehead atoms. The second kappa shape index (κ2) is 4.03. The molecule has 15 heavy (non-hydrogen) atoms. The van der Waals surface area contributed by atoms with Gasteiger partial charge in [0, 0.05) is 6.20 Å². The van der Waals surface area contributed by atoms with Gasteiger partial charge in [-0.1, -0.05) is 11.2 Å². The minimum absolute atomic E-state index is 0.116. The van der Waals surface area contributed by atoms with E-state index in [0.29, 0.717) is 0 Å². The van der Waals surface area contributed by atoms with Crippen molar-refractivity contribution in [1.82, 2.24) is 4.68 Å². The Morgan fingerprint density at radius 1 is 1.47 bits per heavy atom. The van der Waals surface area contributed by atoms with Gasteiger partial charge in [0.05, 0.1) is 0 Å². The largest absolute Gasteiger partial charge is 0.493 e. The normalized spacial score (nSPS) is 12.6. The van der Waals surface area contributed by atoms with Gasteiger partial charge in [0.25, 0.3) is 0 Å². The first-order chi connectivity index (χ1) is 6.91. The van der Waals surface area contributed by atoms with Crippen LogP contribution in [0.4, 0.5) is 13.2 Å². The van der Waals surface area contributed by atoms with Gasteiger partial charge in [-0.25, -0.2) is 9.47 Å². The van der Waals surface area contributed by atoms with Crippen LogP contribution in [0.1, 0.15) is 0 Å². The summed E-state index contributed by atoms with van der Waals surface area (Å²) < 4.78 is 35.9. The van der Waals surface area contributed by atoms with Crippen LogP contribution in [0, 0.1) is 0 Å². The Bertz CT molecular complexity index is 424. The molecule has 1 heterocycles. The molecule has 0 aliphatic carbocycles. The van der Waals surface area contributed by atoms with Gasteiger partial charge in [-0.05, 0) is 12.1 Å². The molecular weight excluding hydrogens is 215 g/mol. The monoisotopic (exact) mass is 221 g/mol. The van der Waals surface area contributed by atoms with E-state index in [1.54, 1.807) is 0 Å². The molecule has 0 aromatic carbocycles. The molecule has 1 aromatic rings. The van der Waals surface area contributed by atoms with Crippen LogP contribution < -0.4 is 11.3 Å². The Morgan fingerprint density at radius 2 is 2.13 bits per heavy atom. The number of nitrogens with zero attached hydrogens (tertiary/aromatic N) is 2. The molecular formula is C7H6F3N3O2. The summed E-state index contributed by atoms with van der Waals surface area (Å²) in [6.07, 6.45) is -3.74. The number of alkyl halides is 3. The summed E-state index contributed by atoms with van der Waals surface area (Å²) >= 11 is 0. The van der Waals surface area contributed by atoms with Gasteiger partial charge >= 0.3 is 12.1 Å². The van der Waals surface area contributed by atoms with Crippen molar-refractivity contribution in [2.45, 2.75) is 6.18 Å². The van der Waals surface area contributed by atoms with Crippen LogP contribution in [-0.4, -0.2) is 16.8 Å². The smallest absolute Gasteiger partial charge is 0.338 e. The molecule has 2 N–H and O–H groups in total. The van der Waals surface area contributed by atoms with Gasteiger partial charge in [-0.15, -0.1) is 0 Å². The molecule has 0 amide bonds. The Morgan fingerprint density at radius 3 is 2.67 bits per heavy atom. The number of rotatable bonds is 1.